The van der Waals surface area contributed by atoms with Crippen molar-refractivity contribution in [1.82, 2.24) is 9.78 Å². The van der Waals surface area contributed by atoms with E-state index in [0.29, 0.717) is 13.0 Å². The first-order valence-electron chi connectivity index (χ1n) is 7.19. The molecular formula is C16H21N3O3. The van der Waals surface area contributed by atoms with E-state index in [4.69, 9.17) is 15.6 Å². The van der Waals surface area contributed by atoms with Crippen molar-refractivity contribution in [3.8, 4) is 11.1 Å². The topological polar surface area (TPSA) is 90.4 Å². The van der Waals surface area contributed by atoms with Crippen LogP contribution in [0, 0.1) is 0 Å². The van der Waals surface area contributed by atoms with E-state index < -0.39 is 12.0 Å². The second kappa shape index (κ2) is 7.72. The number of rotatable bonds is 8. The molecule has 0 aliphatic heterocycles. The normalized spacial score (nSPS) is 12.3. The van der Waals surface area contributed by atoms with E-state index in [1.165, 1.54) is 0 Å². The first-order chi connectivity index (χ1) is 10.6. The summed E-state index contributed by atoms with van der Waals surface area (Å²) < 4.78 is 6.91. The van der Waals surface area contributed by atoms with Crippen LogP contribution in [0.1, 0.15) is 12.0 Å². The fourth-order valence-corrected chi connectivity index (χ4v) is 2.18. The lowest BCUT2D eigenvalue weighted by Crippen LogP contribution is -2.32. The molecular weight excluding hydrogens is 282 g/mol. The van der Waals surface area contributed by atoms with Gasteiger partial charge >= 0.3 is 5.97 Å². The number of carboxylic acid groups (broad SMARTS) is 1. The summed E-state index contributed by atoms with van der Waals surface area (Å²) in [6.45, 7) is 1.53. The lowest BCUT2D eigenvalue weighted by Gasteiger charge is -2.07. The Hall–Kier alpha value is -2.18. The van der Waals surface area contributed by atoms with Crippen molar-refractivity contribution in [1.29, 1.82) is 0 Å². The van der Waals surface area contributed by atoms with E-state index >= 15 is 0 Å². The monoisotopic (exact) mass is 303 g/mol. The number of aryl methyl sites for hydroxylation is 1. The number of aliphatic carboxylic acids is 1. The summed E-state index contributed by atoms with van der Waals surface area (Å²) in [6.07, 6.45) is 5.06. The number of benzene rings is 1. The van der Waals surface area contributed by atoms with Gasteiger partial charge in [-0.2, -0.15) is 5.10 Å². The van der Waals surface area contributed by atoms with Crippen molar-refractivity contribution in [3.63, 3.8) is 0 Å². The Morgan fingerprint density at radius 3 is 2.73 bits per heavy atom. The zero-order chi connectivity index (χ0) is 15.9. The minimum Gasteiger partial charge on any atom is -0.480 e. The van der Waals surface area contributed by atoms with E-state index in [-0.39, 0.29) is 0 Å². The first kappa shape index (κ1) is 16.2. The van der Waals surface area contributed by atoms with Gasteiger partial charge in [0.05, 0.1) is 6.20 Å². The quantitative estimate of drug-likeness (QED) is 0.722. The van der Waals surface area contributed by atoms with E-state index in [9.17, 15) is 4.79 Å². The molecule has 118 valence electrons. The zero-order valence-electron chi connectivity index (χ0n) is 12.6. The minimum atomic E-state index is -0.985. The molecule has 3 N–H and O–H groups in total. The molecule has 2 rings (SSSR count). The average molecular weight is 303 g/mol. The number of hydrogen-bond donors (Lipinski definition) is 2. The average Bonchev–Trinajstić information content (AvgIpc) is 2.97. The standard InChI is InChI=1S/C16H21N3O3/c1-22-8-2-7-19-11-14(10-18-19)13-5-3-12(4-6-13)9-15(17)16(20)21/h3-6,10-11,15H,2,7-9,17H2,1H3,(H,20,21). The summed E-state index contributed by atoms with van der Waals surface area (Å²) in [7, 11) is 1.69. The highest BCUT2D eigenvalue weighted by atomic mass is 16.5. The fourth-order valence-electron chi connectivity index (χ4n) is 2.18. The Morgan fingerprint density at radius 2 is 2.09 bits per heavy atom. The van der Waals surface area contributed by atoms with Gasteiger partial charge in [-0.25, -0.2) is 0 Å². The van der Waals surface area contributed by atoms with E-state index in [1.807, 2.05) is 41.3 Å². The molecule has 6 heteroatoms. The molecule has 0 saturated heterocycles. The van der Waals surface area contributed by atoms with Crippen LogP contribution >= 0.6 is 0 Å². The van der Waals surface area contributed by atoms with Crippen LogP contribution < -0.4 is 5.73 Å². The van der Waals surface area contributed by atoms with Crippen LogP contribution in [-0.4, -0.2) is 40.6 Å². The second-order valence-electron chi connectivity index (χ2n) is 5.18. The number of aromatic nitrogens is 2. The molecule has 0 amide bonds. The second-order valence-corrected chi connectivity index (χ2v) is 5.18. The molecule has 0 aliphatic carbocycles. The first-order valence-corrected chi connectivity index (χ1v) is 7.19. The molecule has 6 nitrogen and oxygen atoms in total. The van der Waals surface area contributed by atoms with Gasteiger partial charge in [-0.05, 0) is 24.0 Å². The van der Waals surface area contributed by atoms with Gasteiger partial charge in [-0.3, -0.25) is 9.48 Å². The summed E-state index contributed by atoms with van der Waals surface area (Å²) in [5.74, 6) is -0.985. The van der Waals surface area contributed by atoms with Gasteiger partial charge < -0.3 is 15.6 Å². The number of ether oxygens (including phenoxy) is 1. The van der Waals surface area contributed by atoms with Crippen molar-refractivity contribution in [2.24, 2.45) is 5.73 Å². The molecule has 0 bridgehead atoms. The molecule has 1 atom stereocenters. The van der Waals surface area contributed by atoms with Gasteiger partial charge in [-0.1, -0.05) is 24.3 Å². The zero-order valence-corrected chi connectivity index (χ0v) is 12.6. The summed E-state index contributed by atoms with van der Waals surface area (Å²) in [6, 6.07) is 6.86. The minimum absolute atomic E-state index is 0.325. The fraction of sp³-hybridized carbons (Fsp3) is 0.375. The summed E-state index contributed by atoms with van der Waals surface area (Å²) in [5, 5.41) is 13.1. The highest BCUT2D eigenvalue weighted by Crippen LogP contribution is 2.19. The number of nitrogens with two attached hydrogens (primary N) is 1. The Labute approximate surface area is 129 Å². The highest BCUT2D eigenvalue weighted by molar-refractivity contribution is 5.73. The number of nitrogens with zero attached hydrogens (tertiary/aromatic N) is 2. The third-order valence-corrected chi connectivity index (χ3v) is 3.43. The van der Waals surface area contributed by atoms with Crippen molar-refractivity contribution >= 4 is 5.97 Å². The molecule has 0 saturated carbocycles. The molecule has 0 fully saturated rings. The van der Waals surface area contributed by atoms with Crippen molar-refractivity contribution < 1.29 is 14.6 Å². The lowest BCUT2D eigenvalue weighted by molar-refractivity contribution is -0.138. The van der Waals surface area contributed by atoms with Crippen LogP contribution in [0.15, 0.2) is 36.7 Å². The van der Waals surface area contributed by atoms with Gasteiger partial charge in [0, 0.05) is 32.0 Å². The van der Waals surface area contributed by atoms with Crippen LogP contribution in [0.5, 0.6) is 0 Å². The van der Waals surface area contributed by atoms with Crippen LogP contribution in [-0.2, 0) is 22.5 Å². The molecule has 1 unspecified atom stereocenters. The molecule has 0 radical (unpaired) electrons. The third kappa shape index (κ3) is 4.41. The van der Waals surface area contributed by atoms with Crippen molar-refractivity contribution in [2.45, 2.75) is 25.4 Å². The molecule has 1 aromatic heterocycles. The predicted molar refractivity (Wildman–Crippen MR) is 83.5 cm³/mol. The Kier molecular flexibility index (Phi) is 5.68. The smallest absolute Gasteiger partial charge is 0.320 e. The molecule has 0 aliphatic rings. The number of hydrogen-bond acceptors (Lipinski definition) is 4. The van der Waals surface area contributed by atoms with Gasteiger partial charge in [0.15, 0.2) is 0 Å². The molecule has 1 aromatic carbocycles. The van der Waals surface area contributed by atoms with Crippen molar-refractivity contribution in [3.05, 3.63) is 42.2 Å². The SMILES string of the molecule is COCCCn1cc(-c2ccc(CC(N)C(=O)O)cc2)cn1. The van der Waals surface area contributed by atoms with Gasteiger partial charge in [-0.15, -0.1) is 0 Å². The Bertz CT molecular complexity index is 607. The largest absolute Gasteiger partial charge is 0.480 e. The van der Waals surface area contributed by atoms with Crippen LogP contribution in [0.2, 0.25) is 0 Å². The lowest BCUT2D eigenvalue weighted by atomic mass is 10.0. The molecule has 1 heterocycles. The number of carboxylic acids is 1. The number of methoxy groups -OCH3 is 1. The maximum absolute atomic E-state index is 10.8. The molecule has 0 spiro atoms. The van der Waals surface area contributed by atoms with E-state index in [2.05, 4.69) is 5.10 Å². The summed E-state index contributed by atoms with van der Waals surface area (Å²) >= 11 is 0. The molecule has 2 aromatic rings. The Morgan fingerprint density at radius 1 is 1.36 bits per heavy atom. The van der Waals surface area contributed by atoms with Crippen LogP contribution in [0.4, 0.5) is 0 Å². The van der Waals surface area contributed by atoms with Gasteiger partial charge in [0.1, 0.15) is 6.04 Å². The predicted octanol–water partition coefficient (Wildman–Crippen LogP) is 1.54. The van der Waals surface area contributed by atoms with Crippen LogP contribution in [0.3, 0.4) is 0 Å². The van der Waals surface area contributed by atoms with Gasteiger partial charge in [0.2, 0.25) is 0 Å². The van der Waals surface area contributed by atoms with E-state index in [0.717, 1.165) is 29.7 Å². The van der Waals surface area contributed by atoms with Crippen molar-refractivity contribution in [2.75, 3.05) is 13.7 Å². The summed E-state index contributed by atoms with van der Waals surface area (Å²) in [5.41, 5.74) is 8.53. The Balaban J connectivity index is 1.99. The van der Waals surface area contributed by atoms with Gasteiger partial charge in [0.25, 0.3) is 0 Å². The maximum atomic E-state index is 10.8. The van der Waals surface area contributed by atoms with Crippen LogP contribution in [0.25, 0.3) is 11.1 Å². The summed E-state index contributed by atoms with van der Waals surface area (Å²) in [4.78, 5) is 10.8. The number of carbonyl (C=O) groups is 1. The maximum Gasteiger partial charge on any atom is 0.320 e. The van der Waals surface area contributed by atoms with E-state index in [1.54, 1.807) is 7.11 Å². The third-order valence-electron chi connectivity index (χ3n) is 3.43. The highest BCUT2D eigenvalue weighted by Gasteiger charge is 2.12. The molecule has 22 heavy (non-hydrogen) atoms.